The number of benzene rings is 1. The Labute approximate surface area is 116 Å². The molecule has 1 rings (SSSR count). The van der Waals surface area contributed by atoms with Crippen LogP contribution < -0.4 is 10.1 Å². The zero-order valence-corrected chi connectivity index (χ0v) is 11.7. The number of halogens is 2. The highest BCUT2D eigenvalue weighted by Crippen LogP contribution is 2.26. The molecule has 0 fully saturated rings. The molecule has 0 aliphatic heterocycles. The van der Waals surface area contributed by atoms with Crippen LogP contribution in [0.4, 0.5) is 14.5 Å². The molecule has 0 bridgehead atoms. The van der Waals surface area contributed by atoms with Crippen molar-refractivity contribution in [3.8, 4) is 5.75 Å². The fourth-order valence-corrected chi connectivity index (χ4v) is 1.50. The second kappa shape index (κ2) is 7.14. The molecule has 1 N–H and O–H groups in total. The maximum Gasteiger partial charge on any atom is 0.307 e. The summed E-state index contributed by atoms with van der Waals surface area (Å²) in [5, 5.41) is 13.6. The summed E-state index contributed by atoms with van der Waals surface area (Å²) in [6.45, 7) is 6.76. The van der Waals surface area contributed by atoms with E-state index in [4.69, 9.17) is 4.74 Å². The summed E-state index contributed by atoms with van der Waals surface area (Å²) in [5.41, 5.74) is -0.899. The molecule has 0 heterocycles. The van der Waals surface area contributed by atoms with Gasteiger partial charge >= 0.3 is 5.69 Å². The van der Waals surface area contributed by atoms with Crippen LogP contribution in [0.5, 0.6) is 5.75 Å². The lowest BCUT2D eigenvalue weighted by Crippen LogP contribution is -2.30. The lowest BCUT2D eigenvalue weighted by molar-refractivity contribution is -0.387. The van der Waals surface area contributed by atoms with Gasteiger partial charge in [0.25, 0.3) is 0 Å². The highest BCUT2D eigenvalue weighted by Gasteiger charge is 2.19. The van der Waals surface area contributed by atoms with Crippen LogP contribution in [0.25, 0.3) is 0 Å². The first-order chi connectivity index (χ1) is 9.31. The number of nitro benzene ring substituents is 1. The van der Waals surface area contributed by atoms with E-state index in [0.717, 1.165) is 0 Å². The van der Waals surface area contributed by atoms with Gasteiger partial charge in [-0.05, 0) is 0 Å². The van der Waals surface area contributed by atoms with Gasteiger partial charge in [-0.2, -0.15) is 4.39 Å². The second-order valence-corrected chi connectivity index (χ2v) is 4.97. The molecule has 0 aliphatic carbocycles. The van der Waals surface area contributed by atoms with Gasteiger partial charge in [-0.1, -0.05) is 20.8 Å². The Hall–Kier alpha value is -1.76. The number of nitro groups is 1. The summed E-state index contributed by atoms with van der Waals surface area (Å²) in [6.07, 6.45) is 0. The SMILES string of the molecule is CC(CNC(C)C)COc1cc(F)c([N+](=O)[O-])cc1F. The molecule has 0 spiro atoms. The Morgan fingerprint density at radius 3 is 2.50 bits per heavy atom. The normalized spacial score (nSPS) is 12.5. The third kappa shape index (κ3) is 4.73. The summed E-state index contributed by atoms with van der Waals surface area (Å²) in [5.74, 6) is -2.28. The number of rotatable bonds is 7. The van der Waals surface area contributed by atoms with E-state index in [1.165, 1.54) is 0 Å². The minimum absolute atomic E-state index is 0.0926. The van der Waals surface area contributed by atoms with Crippen LogP contribution in [0.3, 0.4) is 0 Å². The van der Waals surface area contributed by atoms with E-state index in [1.54, 1.807) is 0 Å². The Morgan fingerprint density at radius 2 is 1.95 bits per heavy atom. The van der Waals surface area contributed by atoms with Gasteiger partial charge in [0.05, 0.1) is 17.6 Å². The molecule has 0 amide bonds. The van der Waals surface area contributed by atoms with E-state index in [2.05, 4.69) is 5.32 Å². The summed E-state index contributed by atoms with van der Waals surface area (Å²) in [7, 11) is 0. The fraction of sp³-hybridized carbons (Fsp3) is 0.538. The number of nitrogens with zero attached hydrogens (tertiary/aromatic N) is 1. The van der Waals surface area contributed by atoms with Crippen LogP contribution in [0, 0.1) is 27.7 Å². The molecule has 0 radical (unpaired) electrons. The van der Waals surface area contributed by atoms with Crippen LogP contribution >= 0.6 is 0 Å². The van der Waals surface area contributed by atoms with Gasteiger partial charge in [-0.3, -0.25) is 10.1 Å². The highest BCUT2D eigenvalue weighted by atomic mass is 19.1. The molecule has 1 aromatic carbocycles. The van der Waals surface area contributed by atoms with Gasteiger partial charge in [-0.15, -0.1) is 0 Å². The van der Waals surface area contributed by atoms with E-state index in [9.17, 15) is 18.9 Å². The van der Waals surface area contributed by atoms with Crippen molar-refractivity contribution in [2.45, 2.75) is 26.8 Å². The number of ether oxygens (including phenoxy) is 1. The molecule has 112 valence electrons. The van der Waals surface area contributed by atoms with Crippen molar-refractivity contribution >= 4 is 5.69 Å². The minimum Gasteiger partial charge on any atom is -0.490 e. The number of hydrogen-bond acceptors (Lipinski definition) is 4. The van der Waals surface area contributed by atoms with Crippen molar-refractivity contribution in [3.63, 3.8) is 0 Å². The van der Waals surface area contributed by atoms with Crippen molar-refractivity contribution in [2.24, 2.45) is 5.92 Å². The molecule has 7 heteroatoms. The van der Waals surface area contributed by atoms with E-state index in [0.29, 0.717) is 24.7 Å². The summed E-state index contributed by atoms with van der Waals surface area (Å²) in [4.78, 5) is 9.48. The lowest BCUT2D eigenvalue weighted by Gasteiger charge is -2.16. The minimum atomic E-state index is -1.11. The Kier molecular flexibility index (Phi) is 5.82. The van der Waals surface area contributed by atoms with Crippen molar-refractivity contribution in [1.29, 1.82) is 0 Å². The Bertz CT molecular complexity index is 481. The van der Waals surface area contributed by atoms with Crippen molar-refractivity contribution in [1.82, 2.24) is 5.32 Å². The quantitative estimate of drug-likeness (QED) is 0.619. The average Bonchev–Trinajstić information content (AvgIpc) is 2.36. The standard InChI is InChI=1S/C13H18F2N2O3/c1-8(2)16-6-9(3)7-20-13-5-10(14)12(17(18)19)4-11(13)15/h4-5,8-9,16H,6-7H2,1-3H3. The molecule has 0 saturated heterocycles. The van der Waals surface area contributed by atoms with Gasteiger partial charge < -0.3 is 10.1 Å². The fourth-order valence-electron chi connectivity index (χ4n) is 1.50. The molecule has 20 heavy (non-hydrogen) atoms. The number of nitrogens with one attached hydrogen (secondary N) is 1. The van der Waals surface area contributed by atoms with Crippen molar-refractivity contribution in [2.75, 3.05) is 13.2 Å². The first-order valence-corrected chi connectivity index (χ1v) is 6.30. The van der Waals surface area contributed by atoms with Crippen LogP contribution in [0.1, 0.15) is 20.8 Å². The molecule has 1 aromatic rings. The Morgan fingerprint density at radius 1 is 1.30 bits per heavy atom. The molecule has 1 atom stereocenters. The zero-order chi connectivity index (χ0) is 15.3. The van der Waals surface area contributed by atoms with Crippen LogP contribution in [0.15, 0.2) is 12.1 Å². The highest BCUT2D eigenvalue weighted by molar-refractivity contribution is 5.39. The predicted octanol–water partition coefficient (Wildman–Crippen LogP) is 2.89. The molecule has 5 nitrogen and oxygen atoms in total. The molecular formula is C13H18F2N2O3. The predicted molar refractivity (Wildman–Crippen MR) is 70.8 cm³/mol. The number of hydrogen-bond donors (Lipinski definition) is 1. The maximum absolute atomic E-state index is 13.5. The second-order valence-electron chi connectivity index (χ2n) is 4.97. The molecule has 0 aromatic heterocycles. The van der Waals surface area contributed by atoms with E-state index in [-0.39, 0.29) is 18.3 Å². The van der Waals surface area contributed by atoms with Gasteiger partial charge in [0.2, 0.25) is 5.82 Å². The largest absolute Gasteiger partial charge is 0.490 e. The first-order valence-electron chi connectivity index (χ1n) is 6.30. The van der Waals surface area contributed by atoms with Crippen LogP contribution in [-0.2, 0) is 0 Å². The third-order valence-electron chi connectivity index (χ3n) is 2.60. The maximum atomic E-state index is 13.5. The lowest BCUT2D eigenvalue weighted by atomic mass is 10.2. The summed E-state index contributed by atoms with van der Waals surface area (Å²) >= 11 is 0. The van der Waals surface area contributed by atoms with Gasteiger partial charge in [0.15, 0.2) is 11.6 Å². The van der Waals surface area contributed by atoms with Crippen LogP contribution in [0.2, 0.25) is 0 Å². The molecular weight excluding hydrogens is 270 g/mol. The third-order valence-corrected chi connectivity index (χ3v) is 2.60. The van der Waals surface area contributed by atoms with Crippen molar-refractivity contribution in [3.05, 3.63) is 33.9 Å². The molecule has 1 unspecified atom stereocenters. The smallest absolute Gasteiger partial charge is 0.307 e. The zero-order valence-electron chi connectivity index (χ0n) is 11.7. The van der Waals surface area contributed by atoms with Crippen LogP contribution in [-0.4, -0.2) is 24.1 Å². The van der Waals surface area contributed by atoms with Gasteiger partial charge in [-0.25, -0.2) is 4.39 Å². The van der Waals surface area contributed by atoms with Gasteiger partial charge in [0.1, 0.15) is 0 Å². The Balaban J connectivity index is 2.65. The van der Waals surface area contributed by atoms with E-state index < -0.39 is 22.2 Å². The molecule has 0 saturated carbocycles. The van der Waals surface area contributed by atoms with Gasteiger partial charge in [0, 0.05) is 24.6 Å². The monoisotopic (exact) mass is 288 g/mol. The molecule has 0 aliphatic rings. The summed E-state index contributed by atoms with van der Waals surface area (Å²) in [6, 6.07) is 1.56. The van der Waals surface area contributed by atoms with E-state index in [1.807, 2.05) is 20.8 Å². The average molecular weight is 288 g/mol. The van der Waals surface area contributed by atoms with E-state index >= 15 is 0 Å². The summed E-state index contributed by atoms with van der Waals surface area (Å²) < 4.78 is 32.1. The van der Waals surface area contributed by atoms with Crippen molar-refractivity contribution < 1.29 is 18.4 Å². The topological polar surface area (TPSA) is 64.4 Å². The first kappa shape index (κ1) is 16.3.